The van der Waals surface area contributed by atoms with Gasteiger partial charge in [0.15, 0.2) is 0 Å². The summed E-state index contributed by atoms with van der Waals surface area (Å²) in [6, 6.07) is 15.6. The van der Waals surface area contributed by atoms with Gasteiger partial charge in [0, 0.05) is 33.2 Å². The monoisotopic (exact) mass is 440 g/mol. The molecule has 0 aliphatic carbocycles. The van der Waals surface area contributed by atoms with Gasteiger partial charge >= 0.3 is 0 Å². The van der Waals surface area contributed by atoms with Gasteiger partial charge in [-0.25, -0.2) is 5.43 Å². The average molecular weight is 441 g/mol. The van der Waals surface area contributed by atoms with E-state index in [9.17, 15) is 14.9 Å². The van der Waals surface area contributed by atoms with Crippen LogP contribution in [0.25, 0.3) is 5.69 Å². The van der Waals surface area contributed by atoms with Crippen LogP contribution in [0.3, 0.4) is 0 Å². The molecule has 28 heavy (non-hydrogen) atoms. The SMILES string of the molecule is Cc1cc(/C=N\NC(=O)c2ccccc2[N+](=O)[O-])c(C)n1-c1ccc(Br)cc1. The zero-order valence-corrected chi connectivity index (χ0v) is 16.8. The Morgan fingerprint density at radius 3 is 2.54 bits per heavy atom. The summed E-state index contributed by atoms with van der Waals surface area (Å²) in [4.78, 5) is 22.7. The number of amides is 1. The first-order valence-corrected chi connectivity index (χ1v) is 9.19. The molecule has 8 heteroatoms. The Morgan fingerprint density at radius 2 is 1.86 bits per heavy atom. The lowest BCUT2D eigenvalue weighted by atomic mass is 10.2. The lowest BCUT2D eigenvalue weighted by Crippen LogP contribution is -2.19. The van der Waals surface area contributed by atoms with E-state index >= 15 is 0 Å². The minimum Gasteiger partial charge on any atom is -0.318 e. The van der Waals surface area contributed by atoms with Crippen LogP contribution in [0.15, 0.2) is 64.2 Å². The molecular formula is C20H17BrN4O3. The maximum Gasteiger partial charge on any atom is 0.282 e. The average Bonchev–Trinajstić information content (AvgIpc) is 2.96. The third-order valence-corrected chi connectivity index (χ3v) is 4.80. The number of carbonyl (C=O) groups excluding carboxylic acids is 1. The van der Waals surface area contributed by atoms with Crippen LogP contribution in [0.1, 0.15) is 27.3 Å². The molecule has 0 fully saturated rings. The molecule has 0 bridgehead atoms. The van der Waals surface area contributed by atoms with Gasteiger partial charge in [-0.2, -0.15) is 5.10 Å². The van der Waals surface area contributed by atoms with E-state index in [1.807, 2.05) is 44.2 Å². The molecule has 3 aromatic rings. The number of hydrazone groups is 1. The molecule has 0 unspecified atom stereocenters. The van der Waals surface area contributed by atoms with Crippen LogP contribution >= 0.6 is 15.9 Å². The standard InChI is InChI=1S/C20H17BrN4O3/c1-13-11-15(14(2)24(13)17-9-7-16(21)8-10-17)12-22-23-20(26)18-5-3-4-6-19(18)25(27)28/h3-12H,1-2H3,(H,23,26)/b22-12-. The third kappa shape index (κ3) is 4.01. The molecule has 0 saturated heterocycles. The topological polar surface area (TPSA) is 89.5 Å². The molecule has 0 atom stereocenters. The van der Waals surface area contributed by atoms with E-state index < -0.39 is 10.8 Å². The molecule has 1 heterocycles. The van der Waals surface area contributed by atoms with E-state index in [0.29, 0.717) is 0 Å². The minimum absolute atomic E-state index is 0.0371. The Bertz CT molecular complexity index is 1070. The fourth-order valence-electron chi connectivity index (χ4n) is 2.95. The fourth-order valence-corrected chi connectivity index (χ4v) is 3.22. The summed E-state index contributed by atoms with van der Waals surface area (Å²) in [7, 11) is 0. The largest absolute Gasteiger partial charge is 0.318 e. The van der Waals surface area contributed by atoms with Crippen molar-refractivity contribution in [3.8, 4) is 5.69 Å². The van der Waals surface area contributed by atoms with Gasteiger partial charge in [-0.05, 0) is 50.2 Å². The Labute approximate surface area is 170 Å². The van der Waals surface area contributed by atoms with Crippen molar-refractivity contribution in [2.45, 2.75) is 13.8 Å². The highest BCUT2D eigenvalue weighted by Crippen LogP contribution is 2.21. The first-order valence-electron chi connectivity index (χ1n) is 8.40. The Morgan fingerprint density at radius 1 is 1.18 bits per heavy atom. The quantitative estimate of drug-likeness (QED) is 0.359. The Hall–Kier alpha value is -3.26. The number of rotatable bonds is 5. The van der Waals surface area contributed by atoms with Gasteiger partial charge in [0.1, 0.15) is 5.56 Å². The van der Waals surface area contributed by atoms with E-state index in [-0.39, 0.29) is 11.3 Å². The molecule has 0 spiro atoms. The number of nitrogens with one attached hydrogen (secondary N) is 1. The second-order valence-electron chi connectivity index (χ2n) is 6.11. The molecular weight excluding hydrogens is 424 g/mol. The highest BCUT2D eigenvalue weighted by atomic mass is 79.9. The molecule has 0 aliphatic rings. The van der Waals surface area contributed by atoms with Crippen LogP contribution in [0.2, 0.25) is 0 Å². The number of benzene rings is 2. The Kier molecular flexibility index (Phi) is 5.70. The molecule has 142 valence electrons. The van der Waals surface area contributed by atoms with E-state index in [0.717, 1.165) is 27.1 Å². The first-order chi connectivity index (χ1) is 13.4. The van der Waals surface area contributed by atoms with Crippen molar-refractivity contribution in [1.82, 2.24) is 9.99 Å². The molecule has 0 aliphatic heterocycles. The maximum absolute atomic E-state index is 12.2. The maximum atomic E-state index is 12.2. The number of aryl methyl sites for hydroxylation is 1. The number of hydrogen-bond acceptors (Lipinski definition) is 4. The van der Waals surface area contributed by atoms with Crippen LogP contribution in [-0.4, -0.2) is 21.6 Å². The van der Waals surface area contributed by atoms with Crippen molar-refractivity contribution in [3.05, 3.63) is 91.7 Å². The fraction of sp³-hybridized carbons (Fsp3) is 0.100. The minimum atomic E-state index is -0.634. The molecule has 1 amide bonds. The van der Waals surface area contributed by atoms with Crippen LogP contribution in [0, 0.1) is 24.0 Å². The highest BCUT2D eigenvalue weighted by Gasteiger charge is 2.18. The summed E-state index contributed by atoms with van der Waals surface area (Å²) in [5.74, 6) is -0.634. The molecule has 1 N–H and O–H groups in total. The molecule has 0 radical (unpaired) electrons. The van der Waals surface area contributed by atoms with Crippen LogP contribution in [0.4, 0.5) is 5.69 Å². The number of para-hydroxylation sites is 1. The molecule has 3 rings (SSSR count). The summed E-state index contributed by atoms with van der Waals surface area (Å²) >= 11 is 3.43. The smallest absolute Gasteiger partial charge is 0.282 e. The zero-order chi connectivity index (χ0) is 20.3. The van der Waals surface area contributed by atoms with Gasteiger partial charge < -0.3 is 4.57 Å². The molecule has 2 aromatic carbocycles. The van der Waals surface area contributed by atoms with Gasteiger partial charge in [-0.1, -0.05) is 28.1 Å². The highest BCUT2D eigenvalue weighted by molar-refractivity contribution is 9.10. The van der Waals surface area contributed by atoms with Gasteiger partial charge in [-0.15, -0.1) is 0 Å². The van der Waals surface area contributed by atoms with Gasteiger partial charge in [-0.3, -0.25) is 14.9 Å². The Balaban J connectivity index is 1.80. The number of nitro benzene ring substituents is 1. The van der Waals surface area contributed by atoms with Crippen molar-refractivity contribution in [2.75, 3.05) is 0 Å². The summed E-state index contributed by atoms with van der Waals surface area (Å²) in [5.41, 5.74) is 5.89. The predicted molar refractivity (Wildman–Crippen MR) is 111 cm³/mol. The van der Waals surface area contributed by atoms with Crippen molar-refractivity contribution < 1.29 is 9.72 Å². The normalized spacial score (nSPS) is 11.0. The third-order valence-electron chi connectivity index (χ3n) is 4.27. The molecule has 0 saturated carbocycles. The summed E-state index contributed by atoms with van der Waals surface area (Å²) in [6.07, 6.45) is 1.53. The lowest BCUT2D eigenvalue weighted by Gasteiger charge is -2.09. The summed E-state index contributed by atoms with van der Waals surface area (Å²) in [5, 5.41) is 15.0. The number of hydrogen-bond donors (Lipinski definition) is 1. The molecule has 7 nitrogen and oxygen atoms in total. The number of halogens is 1. The van der Waals surface area contributed by atoms with Crippen LogP contribution in [-0.2, 0) is 0 Å². The van der Waals surface area contributed by atoms with Gasteiger partial charge in [0.25, 0.3) is 11.6 Å². The number of aromatic nitrogens is 1. The summed E-state index contributed by atoms with van der Waals surface area (Å²) < 4.78 is 3.08. The van der Waals surface area contributed by atoms with Crippen molar-refractivity contribution in [1.29, 1.82) is 0 Å². The van der Waals surface area contributed by atoms with E-state index in [4.69, 9.17) is 0 Å². The lowest BCUT2D eigenvalue weighted by molar-refractivity contribution is -0.385. The van der Waals surface area contributed by atoms with Gasteiger partial charge in [0.2, 0.25) is 0 Å². The zero-order valence-electron chi connectivity index (χ0n) is 15.2. The van der Waals surface area contributed by atoms with E-state index in [1.54, 1.807) is 6.07 Å². The molecule has 1 aromatic heterocycles. The predicted octanol–water partition coefficient (Wildman–Crippen LogP) is 4.53. The number of carbonyl (C=O) groups is 1. The van der Waals surface area contributed by atoms with Crippen LogP contribution < -0.4 is 5.43 Å². The van der Waals surface area contributed by atoms with Crippen molar-refractivity contribution >= 4 is 33.7 Å². The number of nitro groups is 1. The second-order valence-corrected chi connectivity index (χ2v) is 7.03. The summed E-state index contributed by atoms with van der Waals surface area (Å²) in [6.45, 7) is 3.94. The number of nitrogens with zero attached hydrogens (tertiary/aromatic N) is 3. The van der Waals surface area contributed by atoms with Crippen molar-refractivity contribution in [2.24, 2.45) is 5.10 Å². The first kappa shape index (κ1) is 19.5. The van der Waals surface area contributed by atoms with Crippen molar-refractivity contribution in [3.63, 3.8) is 0 Å². The van der Waals surface area contributed by atoms with Crippen LogP contribution in [0.5, 0.6) is 0 Å². The van der Waals surface area contributed by atoms with E-state index in [1.165, 1.54) is 24.4 Å². The second kappa shape index (κ2) is 8.18. The van der Waals surface area contributed by atoms with Gasteiger partial charge in [0.05, 0.1) is 11.1 Å². The van der Waals surface area contributed by atoms with E-state index in [2.05, 4.69) is 31.0 Å².